The normalized spacial score (nSPS) is 12.0. The third kappa shape index (κ3) is 9.27. The van der Waals surface area contributed by atoms with Crippen molar-refractivity contribution in [1.29, 1.82) is 0 Å². The molecule has 1 unspecified atom stereocenters. The summed E-state index contributed by atoms with van der Waals surface area (Å²) in [6, 6.07) is 8.40. The maximum Gasteiger partial charge on any atom is 0.408 e. The van der Waals surface area contributed by atoms with Crippen molar-refractivity contribution in [2.75, 3.05) is 12.4 Å². The Bertz CT molecular complexity index is 601. The van der Waals surface area contributed by atoms with Crippen LogP contribution in [0.2, 0.25) is 0 Å². The fourth-order valence-electron chi connectivity index (χ4n) is 1.95. The van der Waals surface area contributed by atoms with E-state index < -0.39 is 23.8 Å². The summed E-state index contributed by atoms with van der Waals surface area (Å²) in [7, 11) is 0. The number of Topliss-reactive ketones (excluding diaryl/α,β-unsaturated/α-hetero) is 1. The second kappa shape index (κ2) is 10.7. The molecule has 0 saturated carbocycles. The van der Waals surface area contributed by atoms with Crippen LogP contribution in [0.1, 0.15) is 32.8 Å². The van der Waals surface area contributed by atoms with Gasteiger partial charge in [-0.25, -0.2) is 9.59 Å². The minimum atomic E-state index is -0.850. The van der Waals surface area contributed by atoms with Gasteiger partial charge in [-0.15, -0.1) is 11.6 Å². The van der Waals surface area contributed by atoms with Gasteiger partial charge in [0.25, 0.3) is 0 Å². The Morgan fingerprint density at radius 1 is 1.12 bits per heavy atom. The molecule has 8 heteroatoms. The molecule has 26 heavy (non-hydrogen) atoms. The summed E-state index contributed by atoms with van der Waals surface area (Å²) in [5.41, 5.74) is 0.183. The van der Waals surface area contributed by atoms with Crippen molar-refractivity contribution < 1.29 is 23.9 Å². The molecule has 0 heterocycles. The molecule has 1 rings (SSSR count). The first-order chi connectivity index (χ1) is 12.2. The van der Waals surface area contributed by atoms with E-state index in [1.54, 1.807) is 20.8 Å². The van der Waals surface area contributed by atoms with Gasteiger partial charge in [0.05, 0.1) is 11.9 Å². The summed E-state index contributed by atoms with van der Waals surface area (Å²) in [6.07, 6.45) is -1.15. The Kier molecular flexibility index (Phi) is 8.92. The first kappa shape index (κ1) is 21.8. The molecule has 0 fully saturated rings. The summed E-state index contributed by atoms with van der Waals surface area (Å²) in [4.78, 5) is 35.3. The van der Waals surface area contributed by atoms with E-state index >= 15 is 0 Å². The van der Waals surface area contributed by atoms with Crippen LogP contribution >= 0.6 is 11.6 Å². The first-order valence-corrected chi connectivity index (χ1v) is 8.77. The summed E-state index contributed by atoms with van der Waals surface area (Å²) in [6.45, 7) is 5.43. The lowest BCUT2D eigenvalue weighted by Crippen LogP contribution is -2.45. The van der Waals surface area contributed by atoms with E-state index in [1.807, 2.05) is 30.3 Å². The Morgan fingerprint density at radius 3 is 2.35 bits per heavy atom. The number of hydrogen-bond acceptors (Lipinski definition) is 5. The van der Waals surface area contributed by atoms with Crippen LogP contribution in [0.3, 0.4) is 0 Å². The number of carbonyl (C=O) groups is 3. The lowest BCUT2D eigenvalue weighted by atomic mass is 10.1. The van der Waals surface area contributed by atoms with E-state index in [9.17, 15) is 14.4 Å². The SMILES string of the molecule is CC(C)(C)OC(=O)NC(CCNC(=O)OCc1ccccc1)C(=O)CCl. The molecule has 2 amide bonds. The fraction of sp³-hybridized carbons (Fsp3) is 0.500. The number of halogens is 1. The molecule has 1 atom stereocenters. The number of alkyl carbamates (subject to hydrolysis) is 2. The van der Waals surface area contributed by atoms with Crippen molar-refractivity contribution in [2.45, 2.75) is 45.4 Å². The standard InChI is InChI=1S/C18H25ClN2O5/c1-18(2,3)26-17(24)21-14(15(22)11-19)9-10-20-16(23)25-12-13-7-5-4-6-8-13/h4-8,14H,9-12H2,1-3H3,(H,20,23)(H,21,24). The van der Waals surface area contributed by atoms with Crippen LogP contribution in [-0.2, 0) is 20.9 Å². The number of amides is 2. The molecule has 0 spiro atoms. The summed E-state index contributed by atoms with van der Waals surface area (Å²) < 4.78 is 10.2. The second-order valence-corrected chi connectivity index (χ2v) is 6.84. The number of ether oxygens (including phenoxy) is 2. The number of hydrogen-bond donors (Lipinski definition) is 2. The number of rotatable bonds is 8. The zero-order chi connectivity index (χ0) is 19.6. The van der Waals surface area contributed by atoms with E-state index in [4.69, 9.17) is 21.1 Å². The Labute approximate surface area is 158 Å². The molecule has 144 valence electrons. The van der Waals surface area contributed by atoms with E-state index in [0.717, 1.165) is 5.56 Å². The highest BCUT2D eigenvalue weighted by Crippen LogP contribution is 2.07. The van der Waals surface area contributed by atoms with Crippen LogP contribution in [0.25, 0.3) is 0 Å². The zero-order valence-electron chi connectivity index (χ0n) is 15.2. The highest BCUT2D eigenvalue weighted by molar-refractivity contribution is 6.28. The van der Waals surface area contributed by atoms with Crippen molar-refractivity contribution in [3.8, 4) is 0 Å². The van der Waals surface area contributed by atoms with Gasteiger partial charge in [0.2, 0.25) is 0 Å². The first-order valence-electron chi connectivity index (χ1n) is 8.24. The smallest absolute Gasteiger partial charge is 0.408 e. The van der Waals surface area contributed by atoms with E-state index in [-0.39, 0.29) is 31.2 Å². The second-order valence-electron chi connectivity index (χ2n) is 6.58. The molecule has 0 aliphatic carbocycles. The zero-order valence-corrected chi connectivity index (χ0v) is 16.0. The van der Waals surface area contributed by atoms with Gasteiger partial charge in [-0.1, -0.05) is 30.3 Å². The average molecular weight is 385 g/mol. The van der Waals surface area contributed by atoms with Crippen LogP contribution in [-0.4, -0.2) is 42.0 Å². The summed E-state index contributed by atoms with van der Waals surface area (Å²) in [5, 5.41) is 5.00. The Hall–Kier alpha value is -2.28. The quantitative estimate of drug-likeness (QED) is 0.672. The van der Waals surface area contributed by atoms with Gasteiger partial charge in [-0.3, -0.25) is 4.79 Å². The topological polar surface area (TPSA) is 93.7 Å². The van der Waals surface area contributed by atoms with Crippen molar-refractivity contribution in [2.24, 2.45) is 0 Å². The molecule has 1 aromatic rings. The molecule has 0 aliphatic heterocycles. The van der Waals surface area contributed by atoms with Gasteiger partial charge in [0, 0.05) is 6.54 Å². The van der Waals surface area contributed by atoms with Crippen LogP contribution in [0.15, 0.2) is 30.3 Å². The number of alkyl halides is 1. The number of carbonyl (C=O) groups excluding carboxylic acids is 3. The average Bonchev–Trinajstić information content (AvgIpc) is 2.57. The molecule has 0 radical (unpaired) electrons. The van der Waals surface area contributed by atoms with Crippen LogP contribution < -0.4 is 10.6 Å². The van der Waals surface area contributed by atoms with Crippen molar-refractivity contribution in [3.05, 3.63) is 35.9 Å². The number of benzene rings is 1. The lowest BCUT2D eigenvalue weighted by molar-refractivity contribution is -0.118. The summed E-state index contributed by atoms with van der Waals surface area (Å²) in [5.74, 6) is -0.615. The van der Waals surface area contributed by atoms with E-state index in [2.05, 4.69) is 10.6 Å². The molecule has 0 aliphatic rings. The molecular formula is C18H25ClN2O5. The molecule has 1 aromatic carbocycles. The minimum Gasteiger partial charge on any atom is -0.445 e. The maximum atomic E-state index is 11.9. The third-order valence-electron chi connectivity index (χ3n) is 3.13. The Balaban J connectivity index is 2.40. The fourth-order valence-corrected chi connectivity index (χ4v) is 2.14. The van der Waals surface area contributed by atoms with Gasteiger partial charge < -0.3 is 20.1 Å². The number of nitrogens with one attached hydrogen (secondary N) is 2. The molecule has 2 N–H and O–H groups in total. The largest absolute Gasteiger partial charge is 0.445 e. The number of ketones is 1. The predicted molar refractivity (Wildman–Crippen MR) is 98.1 cm³/mol. The van der Waals surface area contributed by atoms with Crippen molar-refractivity contribution in [1.82, 2.24) is 10.6 Å². The molecule has 0 saturated heterocycles. The highest BCUT2D eigenvalue weighted by Gasteiger charge is 2.23. The monoisotopic (exact) mass is 384 g/mol. The van der Waals surface area contributed by atoms with Crippen LogP contribution in [0.5, 0.6) is 0 Å². The summed E-state index contributed by atoms with van der Waals surface area (Å²) >= 11 is 5.57. The van der Waals surface area contributed by atoms with Crippen LogP contribution in [0, 0.1) is 0 Å². The van der Waals surface area contributed by atoms with Crippen molar-refractivity contribution >= 4 is 29.6 Å². The van der Waals surface area contributed by atoms with Crippen LogP contribution in [0.4, 0.5) is 9.59 Å². The highest BCUT2D eigenvalue weighted by atomic mass is 35.5. The van der Waals surface area contributed by atoms with Crippen molar-refractivity contribution in [3.63, 3.8) is 0 Å². The van der Waals surface area contributed by atoms with Gasteiger partial charge >= 0.3 is 12.2 Å². The predicted octanol–water partition coefficient (Wildman–Crippen LogP) is 3.00. The molecule has 0 bridgehead atoms. The molecule has 0 aromatic heterocycles. The maximum absolute atomic E-state index is 11.9. The van der Waals surface area contributed by atoms with Gasteiger partial charge in [-0.2, -0.15) is 0 Å². The minimum absolute atomic E-state index is 0.136. The third-order valence-corrected chi connectivity index (χ3v) is 3.39. The van der Waals surface area contributed by atoms with E-state index in [0.29, 0.717) is 0 Å². The van der Waals surface area contributed by atoms with E-state index in [1.165, 1.54) is 0 Å². The molecule has 7 nitrogen and oxygen atoms in total. The van der Waals surface area contributed by atoms with Gasteiger partial charge in [-0.05, 0) is 32.8 Å². The van der Waals surface area contributed by atoms with Gasteiger partial charge in [0.15, 0.2) is 5.78 Å². The Morgan fingerprint density at radius 2 is 1.77 bits per heavy atom. The van der Waals surface area contributed by atoms with Gasteiger partial charge in [0.1, 0.15) is 12.2 Å². The lowest BCUT2D eigenvalue weighted by Gasteiger charge is -2.22. The molecular weight excluding hydrogens is 360 g/mol.